The normalized spacial score (nSPS) is 14.7. The summed E-state index contributed by atoms with van der Waals surface area (Å²) in [7, 11) is -3.72. The topological polar surface area (TPSA) is 89.3 Å². The lowest BCUT2D eigenvalue weighted by molar-refractivity contribution is -0.385. The number of rotatable bonds is 1. The SMILES string of the molecule is Cc1cc([N+](=O)[O-])c(C)c2c1NS(=O)(=O)c1ccc(Cl)cc1-2. The first-order chi connectivity index (χ1) is 10.2. The van der Waals surface area contributed by atoms with Gasteiger partial charge in [-0.1, -0.05) is 11.6 Å². The largest absolute Gasteiger partial charge is 0.279 e. The fourth-order valence-electron chi connectivity index (χ4n) is 2.68. The van der Waals surface area contributed by atoms with Crippen molar-refractivity contribution in [1.82, 2.24) is 0 Å². The molecule has 1 N–H and O–H groups in total. The number of hydrogen-bond acceptors (Lipinski definition) is 4. The number of nitrogens with zero attached hydrogens (tertiary/aromatic N) is 1. The van der Waals surface area contributed by atoms with E-state index in [4.69, 9.17) is 11.6 Å². The van der Waals surface area contributed by atoms with Crippen LogP contribution in [-0.4, -0.2) is 13.3 Å². The average molecular weight is 339 g/mol. The van der Waals surface area contributed by atoms with E-state index >= 15 is 0 Å². The number of nitro groups is 1. The molecule has 1 heterocycles. The quantitative estimate of drug-likeness (QED) is 0.635. The molecule has 0 aliphatic carbocycles. The van der Waals surface area contributed by atoms with Crippen LogP contribution in [0.4, 0.5) is 11.4 Å². The number of hydrogen-bond donors (Lipinski definition) is 1. The molecule has 1 aliphatic heterocycles. The number of anilines is 1. The second-order valence-corrected chi connectivity index (χ2v) is 7.18. The number of halogens is 1. The van der Waals surface area contributed by atoms with Gasteiger partial charge in [0.15, 0.2) is 0 Å². The standard InChI is InChI=1S/C14H11ClN2O4S/c1-7-5-11(17(18)19)8(2)13-10-6-9(15)3-4-12(10)22(20,21)16-14(7)13/h3-6,16H,1-2H3. The van der Waals surface area contributed by atoms with Crippen LogP contribution < -0.4 is 4.72 Å². The van der Waals surface area contributed by atoms with Gasteiger partial charge in [-0.15, -0.1) is 0 Å². The van der Waals surface area contributed by atoms with Gasteiger partial charge in [0.25, 0.3) is 15.7 Å². The molecule has 2 aromatic rings. The van der Waals surface area contributed by atoms with Crippen LogP contribution in [0.15, 0.2) is 29.2 Å². The molecule has 0 aromatic heterocycles. The van der Waals surface area contributed by atoms with Crippen LogP contribution in [-0.2, 0) is 10.0 Å². The summed E-state index contributed by atoms with van der Waals surface area (Å²) in [5.41, 5.74) is 2.07. The third kappa shape index (κ3) is 2.05. The van der Waals surface area contributed by atoms with Gasteiger partial charge in [0.05, 0.1) is 15.5 Å². The third-order valence-electron chi connectivity index (χ3n) is 3.69. The fourth-order valence-corrected chi connectivity index (χ4v) is 4.19. The molecule has 0 spiro atoms. The maximum Gasteiger partial charge on any atom is 0.273 e. The van der Waals surface area contributed by atoms with Crippen LogP contribution in [0.5, 0.6) is 0 Å². The molecule has 0 amide bonds. The van der Waals surface area contributed by atoms with E-state index in [1.165, 1.54) is 24.3 Å². The van der Waals surface area contributed by atoms with Gasteiger partial charge in [0.1, 0.15) is 0 Å². The minimum Gasteiger partial charge on any atom is -0.279 e. The zero-order valence-corrected chi connectivity index (χ0v) is 13.2. The zero-order chi connectivity index (χ0) is 16.2. The van der Waals surface area contributed by atoms with Gasteiger partial charge in [-0.05, 0) is 37.6 Å². The van der Waals surface area contributed by atoms with E-state index in [1.54, 1.807) is 13.8 Å². The first kappa shape index (κ1) is 14.8. The van der Waals surface area contributed by atoms with Crippen molar-refractivity contribution in [1.29, 1.82) is 0 Å². The van der Waals surface area contributed by atoms with E-state index in [9.17, 15) is 18.5 Å². The van der Waals surface area contributed by atoms with Crippen LogP contribution in [0, 0.1) is 24.0 Å². The Hall–Kier alpha value is -2.12. The summed E-state index contributed by atoms with van der Waals surface area (Å²) in [6, 6.07) is 5.76. The van der Waals surface area contributed by atoms with E-state index in [0.29, 0.717) is 33.0 Å². The summed E-state index contributed by atoms with van der Waals surface area (Å²) in [6.07, 6.45) is 0. The lowest BCUT2D eigenvalue weighted by Gasteiger charge is -2.24. The summed E-state index contributed by atoms with van der Waals surface area (Å²) < 4.78 is 27.2. The van der Waals surface area contributed by atoms with E-state index in [2.05, 4.69) is 4.72 Å². The van der Waals surface area contributed by atoms with Crippen molar-refractivity contribution in [2.45, 2.75) is 18.7 Å². The molecule has 2 aromatic carbocycles. The number of benzene rings is 2. The Bertz CT molecular complexity index is 938. The molecule has 0 saturated carbocycles. The van der Waals surface area contributed by atoms with Crippen molar-refractivity contribution in [2.24, 2.45) is 0 Å². The minimum absolute atomic E-state index is 0.0525. The van der Waals surface area contributed by atoms with E-state index in [1.807, 2.05) is 0 Å². The maximum atomic E-state index is 12.3. The van der Waals surface area contributed by atoms with Crippen LogP contribution in [0.2, 0.25) is 5.02 Å². The van der Waals surface area contributed by atoms with Gasteiger partial charge in [-0.2, -0.15) is 0 Å². The summed E-state index contributed by atoms with van der Waals surface area (Å²) in [6.45, 7) is 3.23. The van der Waals surface area contributed by atoms with Gasteiger partial charge in [0.2, 0.25) is 0 Å². The average Bonchev–Trinajstić information content (AvgIpc) is 2.41. The van der Waals surface area contributed by atoms with Gasteiger partial charge < -0.3 is 0 Å². The highest BCUT2D eigenvalue weighted by atomic mass is 35.5. The highest BCUT2D eigenvalue weighted by Crippen LogP contribution is 2.46. The molecular formula is C14H11ClN2O4S. The number of aryl methyl sites for hydroxylation is 1. The zero-order valence-electron chi connectivity index (χ0n) is 11.7. The number of nitrogens with one attached hydrogen (secondary N) is 1. The molecule has 0 bridgehead atoms. The molecule has 0 radical (unpaired) electrons. The lowest BCUT2D eigenvalue weighted by Crippen LogP contribution is -2.20. The first-order valence-electron chi connectivity index (χ1n) is 6.33. The number of nitro benzene ring substituents is 1. The summed E-state index contributed by atoms with van der Waals surface area (Å²) in [5, 5.41) is 11.6. The van der Waals surface area contributed by atoms with Gasteiger partial charge in [-0.25, -0.2) is 8.42 Å². The van der Waals surface area contributed by atoms with Crippen LogP contribution in [0.3, 0.4) is 0 Å². The Morgan fingerprint density at radius 2 is 1.91 bits per heavy atom. The van der Waals surface area contributed by atoms with Crippen LogP contribution >= 0.6 is 11.6 Å². The Balaban J connectivity index is 2.49. The summed E-state index contributed by atoms with van der Waals surface area (Å²) >= 11 is 5.98. The van der Waals surface area contributed by atoms with Crippen molar-refractivity contribution < 1.29 is 13.3 Å². The maximum absolute atomic E-state index is 12.3. The monoisotopic (exact) mass is 338 g/mol. The van der Waals surface area contributed by atoms with Crippen molar-refractivity contribution in [3.05, 3.63) is 50.5 Å². The van der Waals surface area contributed by atoms with Gasteiger partial charge in [0, 0.05) is 27.8 Å². The molecular weight excluding hydrogens is 328 g/mol. The second-order valence-electron chi connectivity index (χ2n) is 5.09. The first-order valence-corrected chi connectivity index (χ1v) is 8.20. The molecule has 0 unspecified atom stereocenters. The molecule has 0 saturated heterocycles. The molecule has 6 nitrogen and oxygen atoms in total. The molecule has 1 aliphatic rings. The Kier molecular flexibility index (Phi) is 3.15. The van der Waals surface area contributed by atoms with Crippen molar-refractivity contribution in [3.63, 3.8) is 0 Å². The molecule has 0 fully saturated rings. The van der Waals surface area contributed by atoms with Crippen LogP contribution in [0.1, 0.15) is 11.1 Å². The second kappa shape index (κ2) is 4.69. The Labute approximate surface area is 131 Å². The van der Waals surface area contributed by atoms with Crippen LogP contribution in [0.25, 0.3) is 11.1 Å². The van der Waals surface area contributed by atoms with Crippen molar-refractivity contribution in [2.75, 3.05) is 4.72 Å². The number of sulfonamides is 1. The van der Waals surface area contributed by atoms with Crippen molar-refractivity contribution >= 4 is 33.0 Å². The predicted octanol–water partition coefficient (Wildman–Crippen LogP) is 3.65. The van der Waals surface area contributed by atoms with E-state index < -0.39 is 14.9 Å². The lowest BCUT2D eigenvalue weighted by atomic mass is 9.94. The van der Waals surface area contributed by atoms with E-state index in [-0.39, 0.29) is 10.6 Å². The Morgan fingerprint density at radius 3 is 2.55 bits per heavy atom. The summed E-state index contributed by atoms with van der Waals surface area (Å²) in [4.78, 5) is 10.8. The molecule has 8 heteroatoms. The molecule has 0 atom stereocenters. The minimum atomic E-state index is -3.72. The molecule has 22 heavy (non-hydrogen) atoms. The van der Waals surface area contributed by atoms with Gasteiger partial charge >= 0.3 is 0 Å². The fraction of sp³-hybridized carbons (Fsp3) is 0.143. The van der Waals surface area contributed by atoms with E-state index in [0.717, 1.165) is 0 Å². The Morgan fingerprint density at radius 1 is 1.23 bits per heavy atom. The molecule has 3 rings (SSSR count). The van der Waals surface area contributed by atoms with Gasteiger partial charge in [-0.3, -0.25) is 14.8 Å². The highest BCUT2D eigenvalue weighted by Gasteiger charge is 2.32. The predicted molar refractivity (Wildman–Crippen MR) is 83.8 cm³/mol. The third-order valence-corrected chi connectivity index (χ3v) is 5.33. The number of fused-ring (bicyclic) bond motifs is 3. The highest BCUT2D eigenvalue weighted by molar-refractivity contribution is 7.93. The van der Waals surface area contributed by atoms with Crippen molar-refractivity contribution in [3.8, 4) is 11.1 Å². The smallest absolute Gasteiger partial charge is 0.273 e. The molecule has 114 valence electrons. The summed E-state index contributed by atoms with van der Waals surface area (Å²) in [5.74, 6) is 0.